The third-order valence-corrected chi connectivity index (χ3v) is 7.46. The fraction of sp³-hybridized carbons (Fsp3) is 0.538. The molecule has 1 saturated heterocycles. The van der Waals surface area contributed by atoms with Gasteiger partial charge in [0.2, 0.25) is 0 Å². The molecule has 3 aliphatic rings. The third kappa shape index (κ3) is 4.66. The molecule has 2 fully saturated rings. The van der Waals surface area contributed by atoms with E-state index in [1.54, 1.807) is 13.3 Å². The van der Waals surface area contributed by atoms with E-state index in [1.165, 1.54) is 42.5 Å². The summed E-state index contributed by atoms with van der Waals surface area (Å²) in [5.74, 6) is 0.828. The van der Waals surface area contributed by atoms with Crippen LogP contribution in [-0.2, 0) is 24.1 Å². The number of ether oxygens (including phenoxy) is 1. The molecule has 32 heavy (non-hydrogen) atoms. The molecule has 1 saturated carbocycles. The minimum Gasteiger partial charge on any atom is -0.380 e. The Kier molecular flexibility index (Phi) is 6.42. The topological polar surface area (TPSA) is 57.7 Å². The number of methoxy groups -OCH3 is 1. The van der Waals surface area contributed by atoms with Gasteiger partial charge >= 0.3 is 0 Å². The Morgan fingerprint density at radius 1 is 1.09 bits per heavy atom. The van der Waals surface area contributed by atoms with Gasteiger partial charge in [0.05, 0.1) is 11.7 Å². The molecule has 170 valence electrons. The summed E-state index contributed by atoms with van der Waals surface area (Å²) in [6.45, 7) is 4.68. The van der Waals surface area contributed by atoms with E-state index in [4.69, 9.17) is 4.74 Å². The van der Waals surface area contributed by atoms with Crippen LogP contribution in [0.2, 0.25) is 0 Å². The summed E-state index contributed by atoms with van der Waals surface area (Å²) >= 11 is 0. The Hall–Kier alpha value is -2.44. The van der Waals surface area contributed by atoms with E-state index < -0.39 is 0 Å². The SMILES string of the molecule is COC1CCN(c2ccc(C(=O)NCc3ccc4c(c3)CCN(C3CCC3)CC4)cn2)C1. The number of carbonyl (C=O) groups is 1. The van der Waals surface area contributed by atoms with E-state index in [9.17, 15) is 4.79 Å². The van der Waals surface area contributed by atoms with Crippen LogP contribution in [0.5, 0.6) is 0 Å². The minimum atomic E-state index is -0.0775. The molecule has 6 heteroatoms. The summed E-state index contributed by atoms with van der Waals surface area (Å²) in [6.07, 6.45) is 9.34. The second-order valence-electron chi connectivity index (χ2n) is 9.40. The van der Waals surface area contributed by atoms with E-state index in [1.807, 2.05) is 12.1 Å². The number of benzene rings is 1. The molecule has 5 rings (SSSR count). The average molecular weight is 435 g/mol. The molecule has 1 N–H and O–H groups in total. The number of hydrogen-bond donors (Lipinski definition) is 1. The van der Waals surface area contributed by atoms with Gasteiger partial charge in [-0.1, -0.05) is 24.6 Å². The van der Waals surface area contributed by atoms with Gasteiger partial charge in [0.1, 0.15) is 5.82 Å². The molecule has 0 spiro atoms. The standard InChI is InChI=1S/C26H34N4O2/c1-32-24-11-14-30(18-24)25-8-7-22(17-27-25)26(31)28-16-19-5-6-20-9-12-29(23-3-2-4-23)13-10-21(20)15-19/h5-8,15,17,23-24H,2-4,9-14,16,18H2,1H3,(H,28,31). The number of carbonyl (C=O) groups excluding carboxylic acids is 1. The van der Waals surface area contributed by atoms with Crippen molar-refractivity contribution in [2.45, 2.75) is 57.2 Å². The monoisotopic (exact) mass is 434 g/mol. The van der Waals surface area contributed by atoms with Crippen molar-refractivity contribution in [2.75, 3.05) is 38.2 Å². The first-order valence-corrected chi connectivity index (χ1v) is 12.1. The van der Waals surface area contributed by atoms with Crippen molar-refractivity contribution in [3.8, 4) is 0 Å². The van der Waals surface area contributed by atoms with Crippen molar-refractivity contribution in [1.82, 2.24) is 15.2 Å². The molecule has 1 aromatic carbocycles. The summed E-state index contributed by atoms with van der Waals surface area (Å²) in [7, 11) is 1.75. The number of anilines is 1. The number of rotatable bonds is 6. The van der Waals surface area contributed by atoms with Crippen LogP contribution in [0.4, 0.5) is 5.82 Å². The van der Waals surface area contributed by atoms with Crippen LogP contribution in [0.3, 0.4) is 0 Å². The first-order chi connectivity index (χ1) is 15.7. The number of amides is 1. The predicted octanol–water partition coefficient (Wildman–Crippen LogP) is 3.19. The minimum absolute atomic E-state index is 0.0775. The van der Waals surface area contributed by atoms with Crippen LogP contribution >= 0.6 is 0 Å². The van der Waals surface area contributed by atoms with Gasteiger partial charge in [-0.15, -0.1) is 0 Å². The van der Waals surface area contributed by atoms with Crippen molar-refractivity contribution in [3.63, 3.8) is 0 Å². The van der Waals surface area contributed by atoms with Crippen LogP contribution in [0, 0.1) is 0 Å². The van der Waals surface area contributed by atoms with Gasteiger partial charge in [0.15, 0.2) is 0 Å². The van der Waals surface area contributed by atoms with E-state index >= 15 is 0 Å². The largest absolute Gasteiger partial charge is 0.380 e. The first-order valence-electron chi connectivity index (χ1n) is 12.1. The highest BCUT2D eigenvalue weighted by molar-refractivity contribution is 5.94. The van der Waals surface area contributed by atoms with E-state index in [0.29, 0.717) is 12.1 Å². The summed E-state index contributed by atoms with van der Waals surface area (Å²) in [6, 6.07) is 11.3. The van der Waals surface area contributed by atoms with Crippen LogP contribution in [-0.4, -0.2) is 61.2 Å². The van der Waals surface area contributed by atoms with Gasteiger partial charge < -0.3 is 15.0 Å². The maximum absolute atomic E-state index is 12.7. The third-order valence-electron chi connectivity index (χ3n) is 7.46. The van der Waals surface area contributed by atoms with Gasteiger partial charge in [-0.05, 0) is 60.9 Å². The molecule has 1 aliphatic carbocycles. The van der Waals surface area contributed by atoms with Crippen molar-refractivity contribution >= 4 is 11.7 Å². The zero-order valence-electron chi connectivity index (χ0n) is 19.1. The second-order valence-corrected chi connectivity index (χ2v) is 9.40. The fourth-order valence-corrected chi connectivity index (χ4v) is 5.14. The molecule has 1 atom stereocenters. The highest BCUT2D eigenvalue weighted by Crippen LogP contribution is 2.27. The maximum Gasteiger partial charge on any atom is 0.253 e. The molecule has 2 aliphatic heterocycles. The number of aromatic nitrogens is 1. The lowest BCUT2D eigenvalue weighted by atomic mass is 9.91. The smallest absolute Gasteiger partial charge is 0.253 e. The lowest BCUT2D eigenvalue weighted by molar-refractivity contribution is 0.0950. The van der Waals surface area contributed by atoms with Crippen LogP contribution < -0.4 is 10.2 Å². The summed E-state index contributed by atoms with van der Waals surface area (Å²) < 4.78 is 5.43. The molecule has 1 amide bonds. The lowest BCUT2D eigenvalue weighted by Gasteiger charge is -2.36. The van der Waals surface area contributed by atoms with Crippen LogP contribution in [0.1, 0.15) is 52.7 Å². The number of nitrogens with zero attached hydrogens (tertiary/aromatic N) is 3. The molecule has 6 nitrogen and oxygen atoms in total. The van der Waals surface area contributed by atoms with Crippen molar-refractivity contribution in [3.05, 3.63) is 58.8 Å². The highest BCUT2D eigenvalue weighted by atomic mass is 16.5. The summed E-state index contributed by atoms with van der Waals surface area (Å²) in [5, 5.41) is 3.07. The highest BCUT2D eigenvalue weighted by Gasteiger charge is 2.26. The van der Waals surface area contributed by atoms with Crippen molar-refractivity contribution < 1.29 is 9.53 Å². The molecular weight excluding hydrogens is 400 g/mol. The molecule has 0 bridgehead atoms. The Bertz CT molecular complexity index is 941. The quantitative estimate of drug-likeness (QED) is 0.757. The van der Waals surface area contributed by atoms with Gasteiger partial charge in [-0.3, -0.25) is 9.69 Å². The normalized spacial score (nSPS) is 21.7. The Balaban J connectivity index is 1.16. The van der Waals surface area contributed by atoms with E-state index in [2.05, 4.69) is 38.3 Å². The van der Waals surface area contributed by atoms with Crippen molar-refractivity contribution in [1.29, 1.82) is 0 Å². The van der Waals surface area contributed by atoms with Gasteiger partial charge in [-0.2, -0.15) is 0 Å². The number of nitrogens with one attached hydrogen (secondary N) is 1. The van der Waals surface area contributed by atoms with Gasteiger partial charge in [0.25, 0.3) is 5.91 Å². The van der Waals surface area contributed by atoms with E-state index in [-0.39, 0.29) is 12.0 Å². The van der Waals surface area contributed by atoms with Crippen LogP contribution in [0.25, 0.3) is 0 Å². The first kappa shape index (κ1) is 21.4. The maximum atomic E-state index is 12.7. The molecule has 0 radical (unpaired) electrons. The number of fused-ring (bicyclic) bond motifs is 1. The Morgan fingerprint density at radius 3 is 2.62 bits per heavy atom. The molecule has 1 aromatic heterocycles. The van der Waals surface area contributed by atoms with Gasteiger partial charge in [0, 0.05) is 52.1 Å². The molecular formula is C26H34N4O2. The lowest BCUT2D eigenvalue weighted by Crippen LogP contribution is -2.41. The fourth-order valence-electron chi connectivity index (χ4n) is 5.14. The Labute approximate surface area is 191 Å². The van der Waals surface area contributed by atoms with Crippen molar-refractivity contribution in [2.24, 2.45) is 0 Å². The average Bonchev–Trinajstić information content (AvgIpc) is 3.19. The number of hydrogen-bond acceptors (Lipinski definition) is 5. The summed E-state index contributed by atoms with van der Waals surface area (Å²) in [5.41, 5.74) is 4.69. The van der Waals surface area contributed by atoms with E-state index in [0.717, 1.165) is 50.8 Å². The molecule has 3 heterocycles. The molecule has 2 aromatic rings. The zero-order chi connectivity index (χ0) is 21.9. The Morgan fingerprint density at radius 2 is 1.94 bits per heavy atom. The number of pyridine rings is 1. The molecule has 1 unspecified atom stereocenters. The zero-order valence-corrected chi connectivity index (χ0v) is 19.1. The second kappa shape index (κ2) is 9.59. The summed E-state index contributed by atoms with van der Waals surface area (Å²) in [4.78, 5) is 22.1. The van der Waals surface area contributed by atoms with Gasteiger partial charge in [-0.25, -0.2) is 4.98 Å². The van der Waals surface area contributed by atoms with Crippen LogP contribution in [0.15, 0.2) is 36.5 Å². The predicted molar refractivity (Wildman–Crippen MR) is 126 cm³/mol.